The van der Waals surface area contributed by atoms with E-state index in [4.69, 9.17) is 32.2 Å². The summed E-state index contributed by atoms with van der Waals surface area (Å²) in [5.41, 5.74) is 3.66. The van der Waals surface area contributed by atoms with Crippen molar-refractivity contribution in [3.05, 3.63) is 90.1 Å². The molecule has 7 unspecified atom stereocenters. The summed E-state index contributed by atoms with van der Waals surface area (Å²) in [6, 6.07) is 8.14. The third-order valence-corrected chi connectivity index (χ3v) is 28.1. The fraction of sp³-hybridized carbons (Fsp3) is 0.704. The van der Waals surface area contributed by atoms with Gasteiger partial charge in [0.05, 0.1) is 56.9 Å². The van der Waals surface area contributed by atoms with E-state index in [1.165, 1.54) is 11.1 Å². The van der Waals surface area contributed by atoms with E-state index < -0.39 is 25.0 Å². The lowest BCUT2D eigenvalue weighted by Gasteiger charge is -2.40. The SMILES string of the molecule is C=C(CC(C)CC1CC=CC(CCO[Si](C)(C)C(C)(C)C)O1)CC(C=CCC(OCc1ccc(OC)cc1)C(C=CC1CC(C)=CCO1)O[Si](C)(C)C(C)(C)C)O[Si](C)(C)C(C)(C)C. The maximum Gasteiger partial charge on any atom is 0.193 e. The Hall–Kier alpha value is -1.87. The van der Waals surface area contributed by atoms with E-state index >= 15 is 0 Å². The first kappa shape index (κ1) is 56.5. The highest BCUT2D eigenvalue weighted by molar-refractivity contribution is 6.75. The highest BCUT2D eigenvalue weighted by Gasteiger charge is 2.42. The van der Waals surface area contributed by atoms with Gasteiger partial charge in [0.2, 0.25) is 0 Å². The van der Waals surface area contributed by atoms with Crippen molar-refractivity contribution in [1.82, 2.24) is 0 Å². The number of rotatable bonds is 24. The van der Waals surface area contributed by atoms with Crippen molar-refractivity contribution in [3.8, 4) is 5.75 Å². The van der Waals surface area contributed by atoms with Gasteiger partial charge >= 0.3 is 0 Å². The molecule has 1 aromatic carbocycles. The van der Waals surface area contributed by atoms with Crippen LogP contribution in [0.3, 0.4) is 0 Å². The molecule has 10 heteroatoms. The summed E-state index contributed by atoms with van der Waals surface area (Å²) in [5, 5.41) is 0.298. The summed E-state index contributed by atoms with van der Waals surface area (Å²) in [5.74, 6) is 1.27. The molecular formula is C54H94O7Si3. The highest BCUT2D eigenvalue weighted by atomic mass is 28.4. The van der Waals surface area contributed by atoms with Crippen molar-refractivity contribution in [1.29, 1.82) is 0 Å². The van der Waals surface area contributed by atoms with E-state index in [1.807, 2.05) is 12.1 Å². The Morgan fingerprint density at radius 2 is 1.48 bits per heavy atom. The van der Waals surface area contributed by atoms with E-state index in [-0.39, 0.29) is 51.7 Å². The first-order valence-corrected chi connectivity index (χ1v) is 33.1. The summed E-state index contributed by atoms with van der Waals surface area (Å²) in [4.78, 5) is 0. The van der Waals surface area contributed by atoms with Crippen LogP contribution in [0.25, 0.3) is 0 Å². The first-order valence-electron chi connectivity index (χ1n) is 24.4. The number of hydrogen-bond acceptors (Lipinski definition) is 7. The lowest BCUT2D eigenvalue weighted by atomic mass is 9.91. The molecule has 2 heterocycles. The predicted octanol–water partition coefficient (Wildman–Crippen LogP) is 15.1. The summed E-state index contributed by atoms with van der Waals surface area (Å²) in [7, 11) is -4.43. The van der Waals surface area contributed by atoms with Gasteiger partial charge in [-0.15, -0.1) is 0 Å². The zero-order valence-electron chi connectivity index (χ0n) is 44.0. The highest BCUT2D eigenvalue weighted by Crippen LogP contribution is 2.41. The topological polar surface area (TPSA) is 64.6 Å². The standard InChI is InChI=1S/C54H94O7Si3/c1-41-32-34-56-47(37-41)30-31-51(61-64(18,19)54(10,11)12)50(57-40-44-26-28-45(55-13)29-27-44)25-21-24-49(60-63(16,17)53(7,8)9)39-43(3)36-42(2)38-48-23-20-22-46(59-48)33-35-58-62(14,15)52(4,5)6/h20-22,24,26-32,42,46-51H,3,23,25,33-40H2,1-2,4-19H3. The van der Waals surface area contributed by atoms with E-state index in [2.05, 4.69) is 177 Å². The van der Waals surface area contributed by atoms with Gasteiger partial charge in [0.25, 0.3) is 0 Å². The molecule has 2 aliphatic heterocycles. The molecule has 0 radical (unpaired) electrons. The maximum absolute atomic E-state index is 7.26. The molecule has 0 aliphatic carbocycles. The second-order valence-electron chi connectivity index (χ2n) is 23.5. The van der Waals surface area contributed by atoms with Crippen molar-refractivity contribution in [2.75, 3.05) is 20.3 Å². The molecule has 1 aromatic rings. The minimum absolute atomic E-state index is 0.0126. The minimum Gasteiger partial charge on any atom is -0.497 e. The van der Waals surface area contributed by atoms with Gasteiger partial charge in [-0.3, -0.25) is 0 Å². The van der Waals surface area contributed by atoms with Gasteiger partial charge < -0.3 is 32.2 Å². The third-order valence-electron chi connectivity index (χ3n) is 14.6. The number of hydrogen-bond donors (Lipinski definition) is 0. The van der Waals surface area contributed by atoms with Crippen LogP contribution in [0.1, 0.15) is 127 Å². The summed E-state index contributed by atoms with van der Waals surface area (Å²) in [6.45, 7) is 45.7. The van der Waals surface area contributed by atoms with E-state index in [9.17, 15) is 0 Å². The Morgan fingerprint density at radius 3 is 2.08 bits per heavy atom. The maximum atomic E-state index is 7.26. The lowest BCUT2D eigenvalue weighted by Crippen LogP contribution is -2.47. The molecule has 0 spiro atoms. The van der Waals surface area contributed by atoms with Crippen molar-refractivity contribution < 1.29 is 32.2 Å². The van der Waals surface area contributed by atoms with Gasteiger partial charge in [0, 0.05) is 6.61 Å². The first-order chi connectivity index (χ1) is 29.5. The third kappa shape index (κ3) is 18.7. The summed E-state index contributed by atoms with van der Waals surface area (Å²) < 4.78 is 46.1. The molecule has 0 aromatic heterocycles. The fourth-order valence-electron chi connectivity index (χ4n) is 7.26. The van der Waals surface area contributed by atoms with Gasteiger partial charge in [0.15, 0.2) is 25.0 Å². The Bertz CT molecular complexity index is 1690. The van der Waals surface area contributed by atoms with E-state index in [1.54, 1.807) is 7.11 Å². The van der Waals surface area contributed by atoms with E-state index in [0.717, 1.165) is 56.4 Å². The molecule has 0 fully saturated rings. The monoisotopic (exact) mass is 939 g/mol. The van der Waals surface area contributed by atoms with Crippen LogP contribution in [0.2, 0.25) is 54.4 Å². The van der Waals surface area contributed by atoms with E-state index in [0.29, 0.717) is 25.6 Å². The summed E-state index contributed by atoms with van der Waals surface area (Å²) in [6.07, 6.45) is 21.6. The van der Waals surface area contributed by atoms with Crippen LogP contribution in [0.15, 0.2) is 84.5 Å². The molecule has 0 bridgehead atoms. The minimum atomic E-state index is -2.21. The van der Waals surface area contributed by atoms with Gasteiger partial charge in [-0.05, 0) is 130 Å². The van der Waals surface area contributed by atoms with Gasteiger partial charge in [-0.25, -0.2) is 0 Å². The Labute approximate surface area is 396 Å². The Balaban J connectivity index is 1.82. The number of methoxy groups -OCH3 is 1. The molecule has 364 valence electrons. The molecule has 0 saturated heterocycles. The Kier molecular flexibility index (Phi) is 21.5. The average Bonchev–Trinajstić information content (AvgIpc) is 3.16. The van der Waals surface area contributed by atoms with Crippen LogP contribution in [0.4, 0.5) is 0 Å². The Morgan fingerprint density at radius 1 is 0.859 bits per heavy atom. The van der Waals surface area contributed by atoms with Gasteiger partial charge in [0.1, 0.15) is 5.75 Å². The van der Waals surface area contributed by atoms with Crippen molar-refractivity contribution in [2.45, 2.75) is 219 Å². The van der Waals surface area contributed by atoms with Crippen molar-refractivity contribution in [3.63, 3.8) is 0 Å². The van der Waals surface area contributed by atoms with Crippen LogP contribution < -0.4 is 4.74 Å². The number of ether oxygens (including phenoxy) is 4. The summed E-state index contributed by atoms with van der Waals surface area (Å²) >= 11 is 0. The van der Waals surface area contributed by atoms with Gasteiger partial charge in [-0.1, -0.05) is 142 Å². The normalized spacial score (nSPS) is 21.5. The zero-order chi connectivity index (χ0) is 48.1. The van der Waals surface area contributed by atoms with Crippen LogP contribution in [-0.4, -0.2) is 81.9 Å². The molecule has 64 heavy (non-hydrogen) atoms. The zero-order valence-corrected chi connectivity index (χ0v) is 47.0. The average molecular weight is 940 g/mol. The molecule has 7 nitrogen and oxygen atoms in total. The molecule has 3 rings (SSSR count). The smallest absolute Gasteiger partial charge is 0.193 e. The molecule has 2 aliphatic rings. The van der Waals surface area contributed by atoms with Crippen LogP contribution in [0, 0.1) is 5.92 Å². The van der Waals surface area contributed by atoms with Crippen molar-refractivity contribution in [2.24, 2.45) is 5.92 Å². The second kappa shape index (κ2) is 24.4. The van der Waals surface area contributed by atoms with Crippen LogP contribution >= 0.6 is 0 Å². The largest absolute Gasteiger partial charge is 0.497 e. The molecule has 0 saturated carbocycles. The van der Waals surface area contributed by atoms with Gasteiger partial charge in [-0.2, -0.15) is 0 Å². The molecule has 7 atom stereocenters. The number of benzene rings is 1. The second-order valence-corrected chi connectivity index (χ2v) is 37.8. The molecular weight excluding hydrogens is 845 g/mol. The predicted molar refractivity (Wildman–Crippen MR) is 279 cm³/mol. The fourth-order valence-corrected chi connectivity index (χ4v) is 10.9. The molecule has 0 N–H and O–H groups in total. The quantitative estimate of drug-likeness (QED) is 0.0756. The lowest BCUT2D eigenvalue weighted by molar-refractivity contribution is -0.0204. The molecule has 0 amide bonds. The van der Waals surface area contributed by atoms with Crippen LogP contribution in [0.5, 0.6) is 5.75 Å². The van der Waals surface area contributed by atoms with Crippen LogP contribution in [-0.2, 0) is 34.1 Å². The van der Waals surface area contributed by atoms with Crippen molar-refractivity contribution >= 4 is 25.0 Å².